The average molecular weight is 289 g/mol. The van der Waals surface area contributed by atoms with Crippen LogP contribution in [0.5, 0.6) is 5.75 Å². The standard InChI is InChI=1S/C17H23NOS/c1-3-11-18-17(15-10-12-20-13-15)9-6-14-4-7-16(19-2)8-5-14/h4-5,7-8,10,12-13,17-18H,3,6,9,11H2,1-2H3. The molecular formula is C17H23NOS. The van der Waals surface area contributed by atoms with Crippen LogP contribution in [0.25, 0.3) is 0 Å². The molecule has 1 N–H and O–H groups in total. The molecule has 1 aromatic carbocycles. The Hall–Kier alpha value is -1.32. The summed E-state index contributed by atoms with van der Waals surface area (Å²) in [4.78, 5) is 0. The molecule has 2 aromatic rings. The minimum absolute atomic E-state index is 0.461. The van der Waals surface area contributed by atoms with E-state index in [4.69, 9.17) is 4.74 Å². The molecular weight excluding hydrogens is 266 g/mol. The number of methoxy groups -OCH3 is 1. The Balaban J connectivity index is 1.93. The first-order valence-electron chi connectivity index (χ1n) is 7.22. The average Bonchev–Trinajstić information content (AvgIpc) is 3.02. The van der Waals surface area contributed by atoms with E-state index in [1.807, 2.05) is 12.1 Å². The molecule has 0 radical (unpaired) electrons. The van der Waals surface area contributed by atoms with Crippen LogP contribution >= 0.6 is 11.3 Å². The highest BCUT2D eigenvalue weighted by Gasteiger charge is 2.11. The molecule has 0 amide bonds. The smallest absolute Gasteiger partial charge is 0.118 e. The topological polar surface area (TPSA) is 21.3 Å². The Morgan fingerprint density at radius 2 is 2.00 bits per heavy atom. The van der Waals surface area contributed by atoms with Gasteiger partial charge < -0.3 is 10.1 Å². The van der Waals surface area contributed by atoms with E-state index in [1.54, 1.807) is 18.4 Å². The Kier molecular flexibility index (Phi) is 6.09. The van der Waals surface area contributed by atoms with Crippen LogP contribution in [0.3, 0.4) is 0 Å². The summed E-state index contributed by atoms with van der Waals surface area (Å²) in [6, 6.07) is 11.1. The molecule has 0 aliphatic heterocycles. The van der Waals surface area contributed by atoms with Crippen molar-refractivity contribution in [1.29, 1.82) is 0 Å². The van der Waals surface area contributed by atoms with Crippen molar-refractivity contribution < 1.29 is 4.74 Å². The number of aryl methyl sites for hydroxylation is 1. The quantitative estimate of drug-likeness (QED) is 0.776. The molecule has 0 saturated carbocycles. The molecule has 3 heteroatoms. The van der Waals surface area contributed by atoms with Gasteiger partial charge in [-0.25, -0.2) is 0 Å². The van der Waals surface area contributed by atoms with Gasteiger partial charge in [-0.2, -0.15) is 11.3 Å². The number of rotatable bonds is 8. The van der Waals surface area contributed by atoms with E-state index in [0.717, 1.165) is 25.1 Å². The predicted octanol–water partition coefficient (Wildman–Crippen LogP) is 4.43. The normalized spacial score (nSPS) is 12.3. The number of benzene rings is 1. The number of ether oxygens (including phenoxy) is 1. The summed E-state index contributed by atoms with van der Waals surface area (Å²) >= 11 is 1.77. The maximum atomic E-state index is 5.20. The zero-order valence-electron chi connectivity index (χ0n) is 12.3. The third-order valence-electron chi connectivity index (χ3n) is 3.47. The Morgan fingerprint density at radius 1 is 1.20 bits per heavy atom. The van der Waals surface area contributed by atoms with Crippen molar-refractivity contribution in [2.45, 2.75) is 32.2 Å². The molecule has 0 spiro atoms. The van der Waals surface area contributed by atoms with E-state index in [2.05, 4.69) is 41.2 Å². The van der Waals surface area contributed by atoms with Crippen molar-refractivity contribution in [2.24, 2.45) is 0 Å². The fraction of sp³-hybridized carbons (Fsp3) is 0.412. The second kappa shape index (κ2) is 8.08. The van der Waals surface area contributed by atoms with Gasteiger partial charge in [-0.3, -0.25) is 0 Å². The molecule has 20 heavy (non-hydrogen) atoms. The number of hydrogen-bond donors (Lipinski definition) is 1. The molecule has 1 atom stereocenters. The van der Waals surface area contributed by atoms with Crippen LogP contribution in [0.1, 0.15) is 36.9 Å². The van der Waals surface area contributed by atoms with Gasteiger partial charge in [0.1, 0.15) is 5.75 Å². The summed E-state index contributed by atoms with van der Waals surface area (Å²) in [6.07, 6.45) is 3.38. The molecule has 0 bridgehead atoms. The van der Waals surface area contributed by atoms with Crippen LogP contribution in [0.2, 0.25) is 0 Å². The van der Waals surface area contributed by atoms with Crippen LogP contribution in [-0.2, 0) is 6.42 Å². The van der Waals surface area contributed by atoms with Crippen molar-refractivity contribution in [2.75, 3.05) is 13.7 Å². The third-order valence-corrected chi connectivity index (χ3v) is 4.17. The lowest BCUT2D eigenvalue weighted by Crippen LogP contribution is -2.22. The second-order valence-corrected chi connectivity index (χ2v) is 5.73. The lowest BCUT2D eigenvalue weighted by molar-refractivity contribution is 0.414. The van der Waals surface area contributed by atoms with Crippen molar-refractivity contribution in [1.82, 2.24) is 5.32 Å². The van der Waals surface area contributed by atoms with Crippen LogP contribution in [0.4, 0.5) is 0 Å². The lowest BCUT2D eigenvalue weighted by atomic mass is 10.0. The van der Waals surface area contributed by atoms with Crippen LogP contribution in [0.15, 0.2) is 41.1 Å². The Bertz CT molecular complexity index is 478. The summed E-state index contributed by atoms with van der Waals surface area (Å²) in [6.45, 7) is 3.28. The molecule has 0 fully saturated rings. The zero-order valence-corrected chi connectivity index (χ0v) is 13.1. The number of hydrogen-bond acceptors (Lipinski definition) is 3. The fourth-order valence-corrected chi connectivity index (χ4v) is 3.00. The monoisotopic (exact) mass is 289 g/mol. The Labute approximate surface area is 125 Å². The summed E-state index contributed by atoms with van der Waals surface area (Å²) in [5, 5.41) is 8.05. The van der Waals surface area contributed by atoms with E-state index in [9.17, 15) is 0 Å². The van der Waals surface area contributed by atoms with Crippen molar-refractivity contribution in [3.8, 4) is 5.75 Å². The van der Waals surface area contributed by atoms with Gasteiger partial charge in [0.15, 0.2) is 0 Å². The predicted molar refractivity (Wildman–Crippen MR) is 86.7 cm³/mol. The maximum Gasteiger partial charge on any atom is 0.118 e. The van der Waals surface area contributed by atoms with Crippen molar-refractivity contribution in [3.05, 3.63) is 52.2 Å². The van der Waals surface area contributed by atoms with Gasteiger partial charge in [-0.1, -0.05) is 19.1 Å². The minimum Gasteiger partial charge on any atom is -0.497 e. The van der Waals surface area contributed by atoms with Crippen molar-refractivity contribution >= 4 is 11.3 Å². The van der Waals surface area contributed by atoms with Gasteiger partial charge in [0, 0.05) is 6.04 Å². The summed E-state index contributed by atoms with van der Waals surface area (Å²) in [7, 11) is 1.70. The van der Waals surface area contributed by atoms with Crippen molar-refractivity contribution in [3.63, 3.8) is 0 Å². The summed E-state index contributed by atoms with van der Waals surface area (Å²) < 4.78 is 5.20. The maximum absolute atomic E-state index is 5.20. The molecule has 0 aliphatic rings. The largest absolute Gasteiger partial charge is 0.497 e. The molecule has 0 aliphatic carbocycles. The molecule has 2 nitrogen and oxygen atoms in total. The zero-order chi connectivity index (χ0) is 14.2. The molecule has 1 unspecified atom stereocenters. The van der Waals surface area contributed by atoms with Gasteiger partial charge in [0.05, 0.1) is 7.11 Å². The van der Waals surface area contributed by atoms with Crippen LogP contribution in [-0.4, -0.2) is 13.7 Å². The van der Waals surface area contributed by atoms with Gasteiger partial charge >= 0.3 is 0 Å². The first-order chi connectivity index (χ1) is 9.83. The molecule has 2 rings (SSSR count). The Morgan fingerprint density at radius 3 is 2.60 bits per heavy atom. The van der Waals surface area contributed by atoms with E-state index < -0.39 is 0 Å². The van der Waals surface area contributed by atoms with Crippen LogP contribution in [0, 0.1) is 0 Å². The van der Waals surface area contributed by atoms with Gasteiger partial charge in [-0.15, -0.1) is 0 Å². The molecule has 108 valence electrons. The fourth-order valence-electron chi connectivity index (χ4n) is 2.28. The summed E-state index contributed by atoms with van der Waals surface area (Å²) in [5.74, 6) is 0.923. The SMILES string of the molecule is CCCNC(CCc1ccc(OC)cc1)c1ccsc1. The van der Waals surface area contributed by atoms with Gasteiger partial charge in [0.2, 0.25) is 0 Å². The van der Waals surface area contributed by atoms with Gasteiger partial charge in [0.25, 0.3) is 0 Å². The van der Waals surface area contributed by atoms with Gasteiger partial charge in [-0.05, 0) is 65.9 Å². The first-order valence-corrected chi connectivity index (χ1v) is 8.16. The first kappa shape index (κ1) is 15.1. The number of thiophene rings is 1. The van der Waals surface area contributed by atoms with Crippen LogP contribution < -0.4 is 10.1 Å². The third kappa shape index (κ3) is 4.36. The van der Waals surface area contributed by atoms with E-state index >= 15 is 0 Å². The summed E-state index contributed by atoms with van der Waals surface area (Å²) in [5.41, 5.74) is 2.78. The molecule has 1 heterocycles. The highest BCUT2D eigenvalue weighted by molar-refractivity contribution is 7.07. The highest BCUT2D eigenvalue weighted by atomic mass is 32.1. The molecule has 0 saturated heterocycles. The minimum atomic E-state index is 0.461. The molecule has 1 aromatic heterocycles. The number of nitrogens with one attached hydrogen (secondary N) is 1. The second-order valence-electron chi connectivity index (χ2n) is 4.95. The van der Waals surface area contributed by atoms with E-state index in [1.165, 1.54) is 17.5 Å². The van der Waals surface area contributed by atoms with E-state index in [-0.39, 0.29) is 0 Å². The van der Waals surface area contributed by atoms with E-state index in [0.29, 0.717) is 6.04 Å². The lowest BCUT2D eigenvalue weighted by Gasteiger charge is -2.17. The highest BCUT2D eigenvalue weighted by Crippen LogP contribution is 2.22.